The summed E-state index contributed by atoms with van der Waals surface area (Å²) in [6.07, 6.45) is 1.32. The van der Waals surface area contributed by atoms with Crippen molar-refractivity contribution in [1.82, 2.24) is 14.6 Å². The molecule has 2 aromatic rings. The topological polar surface area (TPSA) is 104 Å². The van der Waals surface area contributed by atoms with Crippen LogP contribution in [0, 0.1) is 5.82 Å². The highest BCUT2D eigenvalue weighted by molar-refractivity contribution is 5.93. The summed E-state index contributed by atoms with van der Waals surface area (Å²) in [4.78, 5) is 24.0. The summed E-state index contributed by atoms with van der Waals surface area (Å²) in [5, 5.41) is 12.9. The molecule has 1 aliphatic heterocycles. The molecule has 146 valence electrons. The van der Waals surface area contributed by atoms with Crippen LogP contribution in [0.2, 0.25) is 0 Å². The third-order valence-corrected chi connectivity index (χ3v) is 4.64. The normalized spacial score (nSPS) is 16.6. The molecule has 1 aromatic carbocycles. The van der Waals surface area contributed by atoms with Gasteiger partial charge >= 0.3 is 5.97 Å². The lowest BCUT2D eigenvalue weighted by Gasteiger charge is -2.33. The van der Waals surface area contributed by atoms with Crippen LogP contribution in [0.15, 0.2) is 23.1 Å². The van der Waals surface area contributed by atoms with Crippen LogP contribution >= 0.6 is 0 Å². The van der Waals surface area contributed by atoms with Gasteiger partial charge in [0.25, 0.3) is 0 Å². The van der Waals surface area contributed by atoms with E-state index >= 15 is 0 Å². The van der Waals surface area contributed by atoms with E-state index in [4.69, 9.17) is 5.84 Å². The van der Waals surface area contributed by atoms with E-state index in [0.717, 1.165) is 6.07 Å². The number of rotatable bonds is 3. The number of aromatic carboxylic acids is 1. The molecule has 27 heavy (non-hydrogen) atoms. The number of halogens is 1. The van der Waals surface area contributed by atoms with Crippen molar-refractivity contribution in [1.29, 1.82) is 0 Å². The molecule has 0 saturated carbocycles. The molecule has 9 heteroatoms. The van der Waals surface area contributed by atoms with Gasteiger partial charge in [0.2, 0.25) is 5.43 Å². The van der Waals surface area contributed by atoms with E-state index in [0.29, 0.717) is 31.7 Å². The lowest BCUT2D eigenvalue weighted by atomic mass is 10.0. The molecule has 0 aliphatic carbocycles. The van der Waals surface area contributed by atoms with E-state index in [1.165, 1.54) is 6.20 Å². The Balaban J connectivity index is 2.14. The van der Waals surface area contributed by atoms with E-state index in [9.17, 15) is 19.1 Å². The van der Waals surface area contributed by atoms with Gasteiger partial charge in [0.1, 0.15) is 11.4 Å². The molecule has 1 fully saturated rings. The SMILES string of the molecule is CC(C)(C)n1cc(C(=O)O)c(=O)c2cc(F)c(NN3CCN(N)CC3)cc21. The largest absolute Gasteiger partial charge is 0.477 e. The molecule has 1 aliphatic rings. The van der Waals surface area contributed by atoms with E-state index in [1.54, 1.807) is 15.6 Å². The molecule has 1 saturated heterocycles. The van der Waals surface area contributed by atoms with Gasteiger partial charge < -0.3 is 15.1 Å². The number of nitrogens with one attached hydrogen (secondary N) is 1. The number of aromatic nitrogens is 1. The second kappa shape index (κ2) is 6.91. The van der Waals surface area contributed by atoms with Crippen molar-refractivity contribution < 1.29 is 14.3 Å². The van der Waals surface area contributed by atoms with Gasteiger partial charge in [0, 0.05) is 43.3 Å². The number of piperazine rings is 1. The number of anilines is 1. The zero-order chi connectivity index (χ0) is 19.9. The Kier molecular flexibility index (Phi) is 4.94. The van der Waals surface area contributed by atoms with E-state index < -0.39 is 22.8 Å². The maximum atomic E-state index is 14.7. The van der Waals surface area contributed by atoms with E-state index in [1.807, 2.05) is 25.8 Å². The summed E-state index contributed by atoms with van der Waals surface area (Å²) >= 11 is 0. The number of nitrogens with two attached hydrogens (primary N) is 1. The van der Waals surface area contributed by atoms with Crippen molar-refractivity contribution in [3.8, 4) is 0 Å². The third kappa shape index (κ3) is 3.80. The average molecular weight is 377 g/mol. The molecule has 0 atom stereocenters. The Labute approximate surface area is 155 Å². The molecule has 4 N–H and O–H groups in total. The van der Waals surface area contributed by atoms with Crippen molar-refractivity contribution in [3.05, 3.63) is 39.9 Å². The number of hydrogen-bond donors (Lipinski definition) is 3. The van der Waals surface area contributed by atoms with Crippen LogP contribution in [0.4, 0.5) is 10.1 Å². The van der Waals surface area contributed by atoms with Crippen molar-refractivity contribution in [2.75, 3.05) is 31.6 Å². The summed E-state index contributed by atoms with van der Waals surface area (Å²) in [5.74, 6) is 3.79. The summed E-state index contributed by atoms with van der Waals surface area (Å²) in [6, 6.07) is 2.66. The number of hydrazine groups is 2. The number of fused-ring (bicyclic) bond motifs is 1. The first-order valence-electron chi connectivity index (χ1n) is 8.72. The van der Waals surface area contributed by atoms with E-state index in [-0.39, 0.29) is 16.6 Å². The number of carboxylic acid groups (broad SMARTS) is 1. The van der Waals surface area contributed by atoms with Crippen molar-refractivity contribution in [3.63, 3.8) is 0 Å². The highest BCUT2D eigenvalue weighted by Crippen LogP contribution is 2.27. The molecule has 0 amide bonds. The molecule has 1 aromatic heterocycles. The maximum Gasteiger partial charge on any atom is 0.341 e. The zero-order valence-electron chi connectivity index (χ0n) is 15.6. The predicted molar refractivity (Wildman–Crippen MR) is 101 cm³/mol. The molecule has 0 unspecified atom stereocenters. The van der Waals surface area contributed by atoms with Gasteiger partial charge in [-0.3, -0.25) is 10.6 Å². The lowest BCUT2D eigenvalue weighted by molar-refractivity contribution is 0.0694. The van der Waals surface area contributed by atoms with Gasteiger partial charge in [-0.05, 0) is 32.9 Å². The van der Waals surface area contributed by atoms with E-state index in [2.05, 4.69) is 5.43 Å². The molecule has 0 radical (unpaired) electrons. The number of carbonyl (C=O) groups is 1. The monoisotopic (exact) mass is 377 g/mol. The number of hydrogen-bond acceptors (Lipinski definition) is 6. The smallest absolute Gasteiger partial charge is 0.341 e. The van der Waals surface area contributed by atoms with Crippen LogP contribution in [-0.4, -0.2) is 51.8 Å². The summed E-state index contributed by atoms with van der Waals surface area (Å²) in [6.45, 7) is 8.21. The molecular formula is C18H24FN5O3. The van der Waals surface area contributed by atoms with Crippen molar-refractivity contribution >= 4 is 22.6 Å². The van der Waals surface area contributed by atoms with Gasteiger partial charge in [-0.15, -0.1) is 0 Å². The maximum absolute atomic E-state index is 14.7. The van der Waals surface area contributed by atoms with Crippen LogP contribution < -0.4 is 16.7 Å². The summed E-state index contributed by atoms with van der Waals surface area (Å²) in [5.41, 5.74) is 2.17. The fraction of sp³-hybridized carbons (Fsp3) is 0.444. The summed E-state index contributed by atoms with van der Waals surface area (Å²) in [7, 11) is 0. The van der Waals surface area contributed by atoms with Gasteiger partial charge in [0.05, 0.1) is 11.2 Å². The Morgan fingerprint density at radius 1 is 1.22 bits per heavy atom. The van der Waals surface area contributed by atoms with Crippen molar-refractivity contribution in [2.45, 2.75) is 26.3 Å². The second-order valence-electron chi connectivity index (χ2n) is 7.70. The number of pyridine rings is 1. The minimum Gasteiger partial charge on any atom is -0.477 e. The number of nitrogens with zero attached hydrogens (tertiary/aromatic N) is 3. The van der Waals surface area contributed by atoms with Crippen LogP contribution in [0.3, 0.4) is 0 Å². The quantitative estimate of drug-likeness (QED) is 0.695. The number of carboxylic acids is 1. The lowest BCUT2D eigenvalue weighted by Crippen LogP contribution is -2.51. The van der Waals surface area contributed by atoms with Crippen LogP contribution in [0.25, 0.3) is 10.9 Å². The Hall–Kier alpha value is -2.49. The van der Waals surface area contributed by atoms with Gasteiger partial charge in [-0.1, -0.05) is 0 Å². The standard InChI is InChI=1S/C18H24FN5O3/c1-18(2,3)24-10-12(17(26)27)16(25)11-8-13(19)14(9-15(11)24)21-23-6-4-22(20)5-7-23/h8-10,21H,4-7,20H2,1-3H3,(H,26,27). The molecule has 2 heterocycles. The molecule has 8 nitrogen and oxygen atoms in total. The first-order chi connectivity index (χ1) is 12.6. The minimum atomic E-state index is -1.33. The fourth-order valence-electron chi connectivity index (χ4n) is 3.14. The van der Waals surface area contributed by atoms with Crippen molar-refractivity contribution in [2.24, 2.45) is 5.84 Å². The van der Waals surface area contributed by atoms with Crippen LogP contribution in [-0.2, 0) is 5.54 Å². The Bertz CT molecular complexity index is 943. The summed E-state index contributed by atoms with van der Waals surface area (Å²) < 4.78 is 16.4. The van der Waals surface area contributed by atoms with Gasteiger partial charge in [0.15, 0.2) is 0 Å². The molecule has 0 bridgehead atoms. The molecule has 3 rings (SSSR count). The third-order valence-electron chi connectivity index (χ3n) is 4.64. The highest BCUT2D eigenvalue weighted by atomic mass is 19.1. The van der Waals surface area contributed by atoms with Crippen LogP contribution in [0.1, 0.15) is 31.1 Å². The molecule has 0 spiro atoms. The van der Waals surface area contributed by atoms with Gasteiger partial charge in [-0.2, -0.15) is 0 Å². The number of benzene rings is 1. The highest BCUT2D eigenvalue weighted by Gasteiger charge is 2.23. The van der Waals surface area contributed by atoms with Gasteiger partial charge in [-0.25, -0.2) is 19.2 Å². The first kappa shape index (κ1) is 19.3. The Morgan fingerprint density at radius 2 is 1.85 bits per heavy atom. The zero-order valence-corrected chi connectivity index (χ0v) is 15.6. The Morgan fingerprint density at radius 3 is 2.41 bits per heavy atom. The fourth-order valence-corrected chi connectivity index (χ4v) is 3.14. The van der Waals surface area contributed by atoms with Crippen LogP contribution in [0.5, 0.6) is 0 Å². The molecular weight excluding hydrogens is 353 g/mol. The minimum absolute atomic E-state index is 0.0413. The first-order valence-corrected chi connectivity index (χ1v) is 8.72. The average Bonchev–Trinajstić information content (AvgIpc) is 2.57. The second-order valence-corrected chi connectivity index (χ2v) is 7.70. The predicted octanol–water partition coefficient (Wildman–Crippen LogP) is 1.41.